The number of carbonyl (C=O) groups excluding carboxylic acids is 2. The molecule has 45 heavy (non-hydrogen) atoms. The molecular formula is C37H43NO7. The Labute approximate surface area is 265 Å². The summed E-state index contributed by atoms with van der Waals surface area (Å²) >= 11 is 0. The van der Waals surface area contributed by atoms with E-state index in [1.807, 2.05) is 48.5 Å². The molecule has 0 spiro atoms. The molecule has 238 valence electrons. The van der Waals surface area contributed by atoms with Gasteiger partial charge >= 0.3 is 11.9 Å². The zero-order valence-electron chi connectivity index (χ0n) is 26.4. The van der Waals surface area contributed by atoms with Crippen molar-refractivity contribution in [3.05, 3.63) is 83.4 Å². The van der Waals surface area contributed by atoms with Crippen LogP contribution in [0.5, 0.6) is 23.0 Å². The molecule has 1 N–H and O–H groups in total. The van der Waals surface area contributed by atoms with Crippen LogP contribution in [0.3, 0.4) is 0 Å². The zero-order chi connectivity index (χ0) is 31.6. The van der Waals surface area contributed by atoms with Gasteiger partial charge < -0.3 is 29.0 Å². The van der Waals surface area contributed by atoms with E-state index >= 15 is 0 Å². The molecule has 1 aliphatic carbocycles. The van der Waals surface area contributed by atoms with Gasteiger partial charge in [-0.2, -0.15) is 0 Å². The summed E-state index contributed by atoms with van der Waals surface area (Å²) in [6.45, 7) is 6.91. The molecule has 0 amide bonds. The van der Waals surface area contributed by atoms with E-state index in [4.69, 9.17) is 23.7 Å². The third-order valence-electron chi connectivity index (χ3n) is 8.22. The molecule has 1 aliphatic heterocycles. The van der Waals surface area contributed by atoms with Crippen LogP contribution in [-0.4, -0.2) is 44.5 Å². The Morgan fingerprint density at radius 1 is 0.822 bits per heavy atom. The molecule has 1 fully saturated rings. The lowest BCUT2D eigenvalue weighted by Crippen LogP contribution is -2.37. The van der Waals surface area contributed by atoms with Gasteiger partial charge in [0.2, 0.25) is 6.79 Å². The molecule has 8 heteroatoms. The Bertz CT molecular complexity index is 1470. The molecule has 3 aromatic carbocycles. The molecule has 0 aromatic heterocycles. The molecular weight excluding hydrogens is 570 g/mol. The first-order valence-electron chi connectivity index (χ1n) is 15.9. The van der Waals surface area contributed by atoms with Crippen LogP contribution in [0.1, 0.15) is 76.0 Å². The third kappa shape index (κ3) is 8.88. The van der Waals surface area contributed by atoms with Crippen molar-refractivity contribution in [2.45, 2.75) is 65.4 Å². The molecule has 5 rings (SSSR count). The Hall–Kier alpha value is -4.30. The number of benzene rings is 3. The Balaban J connectivity index is 1.36. The minimum absolute atomic E-state index is 0.213. The second-order valence-electron chi connectivity index (χ2n) is 11.6. The number of ether oxygens (including phenoxy) is 5. The topological polar surface area (TPSA) is 92.3 Å². The maximum absolute atomic E-state index is 11.8. The van der Waals surface area contributed by atoms with Crippen LogP contribution in [0, 0.1) is 5.92 Å². The fraction of sp³-hybridized carbons (Fsp3) is 0.405. The average Bonchev–Trinajstić information content (AvgIpc) is 3.51. The van der Waals surface area contributed by atoms with E-state index in [1.165, 1.54) is 46.0 Å². The van der Waals surface area contributed by atoms with Crippen LogP contribution in [-0.2, 0) is 14.3 Å². The van der Waals surface area contributed by atoms with E-state index in [9.17, 15) is 9.59 Å². The Morgan fingerprint density at radius 3 is 2.11 bits per heavy atom. The number of hydrogen-bond acceptors (Lipinski definition) is 8. The third-order valence-corrected chi connectivity index (χ3v) is 8.22. The van der Waals surface area contributed by atoms with E-state index in [-0.39, 0.29) is 31.4 Å². The van der Waals surface area contributed by atoms with Gasteiger partial charge in [0, 0.05) is 20.4 Å². The standard InChI is InChI=1S/C37H43NO7/c1-4-34(30-14-19-35-36(20-30)43-24-42-35)37(29-12-17-32(18-13-29)44-25(2)39)28-10-15-31(16-11-28)41-23-33(45-26(3)40)22-38-21-27-8-6-5-7-9-27/h10-20,27,33,38H,4-9,21-24H2,1-3H3. The maximum Gasteiger partial charge on any atom is 0.308 e. The summed E-state index contributed by atoms with van der Waals surface area (Å²) < 4.78 is 28.2. The summed E-state index contributed by atoms with van der Waals surface area (Å²) in [5.41, 5.74) is 5.19. The molecule has 0 saturated heterocycles. The van der Waals surface area contributed by atoms with E-state index in [0.29, 0.717) is 24.0 Å². The fourth-order valence-electron chi connectivity index (χ4n) is 6.10. The molecule has 1 unspecified atom stereocenters. The highest BCUT2D eigenvalue weighted by atomic mass is 16.7. The van der Waals surface area contributed by atoms with Gasteiger partial charge in [-0.1, -0.05) is 56.5 Å². The van der Waals surface area contributed by atoms with Crippen molar-refractivity contribution < 1.29 is 33.3 Å². The van der Waals surface area contributed by atoms with E-state index in [2.05, 4.69) is 18.3 Å². The first-order chi connectivity index (χ1) is 21.9. The summed E-state index contributed by atoms with van der Waals surface area (Å²) in [4.78, 5) is 23.3. The summed E-state index contributed by atoms with van der Waals surface area (Å²) in [5.74, 6) is 2.65. The molecule has 1 saturated carbocycles. The van der Waals surface area contributed by atoms with Gasteiger partial charge in [0.1, 0.15) is 24.2 Å². The van der Waals surface area contributed by atoms with Crippen LogP contribution < -0.4 is 24.3 Å². The smallest absolute Gasteiger partial charge is 0.308 e. The van der Waals surface area contributed by atoms with Crippen molar-refractivity contribution in [2.24, 2.45) is 5.92 Å². The van der Waals surface area contributed by atoms with Crippen LogP contribution >= 0.6 is 0 Å². The number of carbonyl (C=O) groups is 2. The first kappa shape index (κ1) is 32.1. The normalized spacial score (nSPS) is 15.6. The zero-order valence-corrected chi connectivity index (χ0v) is 26.4. The van der Waals surface area contributed by atoms with Crippen molar-refractivity contribution in [3.63, 3.8) is 0 Å². The SMILES string of the molecule is CCC(=C(c1ccc(OCC(CNCC2CCCCC2)OC(C)=O)cc1)c1ccc(OC(C)=O)cc1)c1ccc2c(c1)OCO2. The van der Waals surface area contributed by atoms with E-state index < -0.39 is 0 Å². The van der Waals surface area contributed by atoms with E-state index in [0.717, 1.165) is 52.3 Å². The Morgan fingerprint density at radius 2 is 1.47 bits per heavy atom. The van der Waals surface area contributed by atoms with E-state index in [1.54, 1.807) is 12.1 Å². The summed E-state index contributed by atoms with van der Waals surface area (Å²) in [7, 11) is 0. The average molecular weight is 614 g/mol. The number of rotatable bonds is 13. The summed E-state index contributed by atoms with van der Waals surface area (Å²) in [5, 5.41) is 3.50. The van der Waals surface area contributed by atoms with Crippen molar-refractivity contribution in [1.29, 1.82) is 0 Å². The Kier molecular flexibility index (Phi) is 11.1. The van der Waals surface area contributed by atoms with Crippen molar-refractivity contribution in [2.75, 3.05) is 26.5 Å². The maximum atomic E-state index is 11.8. The van der Waals surface area contributed by atoms with Gasteiger partial charge in [-0.05, 0) is 96.0 Å². The number of esters is 2. The number of nitrogens with one attached hydrogen (secondary N) is 1. The van der Waals surface area contributed by atoms with Crippen molar-refractivity contribution >= 4 is 23.1 Å². The van der Waals surface area contributed by atoms with Crippen molar-refractivity contribution in [3.8, 4) is 23.0 Å². The largest absolute Gasteiger partial charge is 0.490 e. The minimum Gasteiger partial charge on any atom is -0.490 e. The summed E-state index contributed by atoms with van der Waals surface area (Å²) in [6.07, 6.45) is 6.82. The van der Waals surface area contributed by atoms with Gasteiger partial charge in [0.15, 0.2) is 11.5 Å². The monoisotopic (exact) mass is 613 g/mol. The van der Waals surface area contributed by atoms with Gasteiger partial charge in [-0.3, -0.25) is 9.59 Å². The van der Waals surface area contributed by atoms with Gasteiger partial charge in [-0.25, -0.2) is 0 Å². The van der Waals surface area contributed by atoms with Crippen molar-refractivity contribution in [1.82, 2.24) is 5.32 Å². The molecule has 0 radical (unpaired) electrons. The highest BCUT2D eigenvalue weighted by Gasteiger charge is 2.20. The summed E-state index contributed by atoms with van der Waals surface area (Å²) in [6, 6.07) is 21.5. The molecule has 8 nitrogen and oxygen atoms in total. The predicted molar refractivity (Wildman–Crippen MR) is 173 cm³/mol. The molecule has 1 atom stereocenters. The van der Waals surface area contributed by atoms with Crippen LogP contribution in [0.4, 0.5) is 0 Å². The van der Waals surface area contributed by atoms with Crippen LogP contribution in [0.2, 0.25) is 0 Å². The second kappa shape index (κ2) is 15.6. The lowest BCUT2D eigenvalue weighted by Gasteiger charge is -2.24. The molecule has 2 aliphatic rings. The molecule has 1 heterocycles. The van der Waals surface area contributed by atoms with Gasteiger partial charge in [0.25, 0.3) is 0 Å². The van der Waals surface area contributed by atoms with Crippen LogP contribution in [0.15, 0.2) is 66.7 Å². The molecule has 3 aromatic rings. The highest BCUT2D eigenvalue weighted by Crippen LogP contribution is 2.40. The minimum atomic E-state index is -0.380. The van der Waals surface area contributed by atoms with Gasteiger partial charge in [-0.15, -0.1) is 0 Å². The quantitative estimate of drug-likeness (QED) is 0.123. The fourth-order valence-corrected chi connectivity index (χ4v) is 6.10. The number of fused-ring (bicyclic) bond motifs is 1. The predicted octanol–water partition coefficient (Wildman–Crippen LogP) is 7.19. The van der Waals surface area contributed by atoms with Gasteiger partial charge in [0.05, 0.1) is 0 Å². The number of hydrogen-bond donors (Lipinski definition) is 1. The lowest BCUT2D eigenvalue weighted by atomic mass is 9.88. The lowest BCUT2D eigenvalue weighted by molar-refractivity contribution is -0.147. The van der Waals surface area contributed by atoms with Crippen LogP contribution in [0.25, 0.3) is 11.1 Å². The first-order valence-corrected chi connectivity index (χ1v) is 15.9. The second-order valence-corrected chi connectivity index (χ2v) is 11.6. The molecule has 0 bridgehead atoms. The number of allylic oxidation sites excluding steroid dienone is 1. The highest BCUT2D eigenvalue weighted by molar-refractivity contribution is 5.99.